The van der Waals surface area contributed by atoms with E-state index in [1.165, 1.54) is 6.33 Å². The zero-order valence-corrected chi connectivity index (χ0v) is 13.5. The van der Waals surface area contributed by atoms with Crippen molar-refractivity contribution < 1.29 is 4.79 Å². The van der Waals surface area contributed by atoms with E-state index >= 15 is 0 Å². The lowest BCUT2D eigenvalue weighted by Gasteiger charge is -2.32. The van der Waals surface area contributed by atoms with Gasteiger partial charge in [0.2, 0.25) is 0 Å². The fourth-order valence-electron chi connectivity index (χ4n) is 2.57. The molecule has 2 aromatic rings. The molecule has 1 aliphatic heterocycles. The zero-order valence-electron chi connectivity index (χ0n) is 13.5. The second-order valence-corrected chi connectivity index (χ2v) is 5.82. The molecule has 0 radical (unpaired) electrons. The van der Waals surface area contributed by atoms with Gasteiger partial charge in [0.15, 0.2) is 0 Å². The van der Waals surface area contributed by atoms with Crippen LogP contribution in [0.2, 0.25) is 0 Å². The van der Waals surface area contributed by atoms with Gasteiger partial charge in [-0.05, 0) is 25.6 Å². The van der Waals surface area contributed by atoms with Crippen LogP contribution >= 0.6 is 0 Å². The maximum absolute atomic E-state index is 12.6. The van der Waals surface area contributed by atoms with Gasteiger partial charge in [-0.25, -0.2) is 9.97 Å². The number of rotatable bonds is 3. The molecule has 1 amide bonds. The third kappa shape index (κ3) is 3.65. The van der Waals surface area contributed by atoms with E-state index in [4.69, 9.17) is 0 Å². The number of para-hydroxylation sites is 1. The van der Waals surface area contributed by atoms with Crippen molar-refractivity contribution in [3.05, 3.63) is 47.9 Å². The Balaban J connectivity index is 1.75. The van der Waals surface area contributed by atoms with E-state index in [2.05, 4.69) is 27.2 Å². The van der Waals surface area contributed by atoms with Crippen molar-refractivity contribution in [2.75, 3.05) is 38.5 Å². The molecular weight excluding hydrogens is 290 g/mol. The fraction of sp³-hybridized carbons (Fsp3) is 0.353. The predicted molar refractivity (Wildman–Crippen MR) is 89.9 cm³/mol. The third-order valence-corrected chi connectivity index (χ3v) is 4.08. The van der Waals surface area contributed by atoms with Crippen molar-refractivity contribution in [1.29, 1.82) is 0 Å². The van der Waals surface area contributed by atoms with Gasteiger partial charge in [-0.1, -0.05) is 18.2 Å². The Kier molecular flexibility index (Phi) is 4.52. The van der Waals surface area contributed by atoms with E-state index in [1.54, 1.807) is 6.07 Å². The third-order valence-electron chi connectivity index (χ3n) is 4.08. The normalized spacial score (nSPS) is 15.5. The zero-order chi connectivity index (χ0) is 16.2. The van der Waals surface area contributed by atoms with Crippen molar-refractivity contribution in [2.24, 2.45) is 0 Å². The minimum Gasteiger partial charge on any atom is -0.340 e. The number of likely N-dealkylation sites (N-methyl/N-ethyl adjacent to an activating group) is 1. The summed E-state index contributed by atoms with van der Waals surface area (Å²) in [7, 11) is 2.07. The smallest absolute Gasteiger partial charge is 0.272 e. The molecule has 0 atom stereocenters. The Hall–Kier alpha value is -2.47. The van der Waals surface area contributed by atoms with E-state index in [1.807, 2.05) is 36.1 Å². The van der Waals surface area contributed by atoms with Crippen LogP contribution in [0.25, 0.3) is 0 Å². The van der Waals surface area contributed by atoms with E-state index in [0.29, 0.717) is 11.5 Å². The molecule has 0 bridgehead atoms. The number of nitrogens with zero attached hydrogens (tertiary/aromatic N) is 4. The van der Waals surface area contributed by atoms with E-state index < -0.39 is 0 Å². The average Bonchev–Trinajstić information content (AvgIpc) is 2.57. The molecule has 23 heavy (non-hydrogen) atoms. The number of amides is 1. The second-order valence-electron chi connectivity index (χ2n) is 5.82. The molecule has 120 valence electrons. The summed E-state index contributed by atoms with van der Waals surface area (Å²) in [5.41, 5.74) is 2.53. The number of nitrogens with one attached hydrogen (secondary N) is 1. The Morgan fingerprint density at radius 1 is 1.13 bits per heavy atom. The van der Waals surface area contributed by atoms with E-state index in [0.717, 1.165) is 37.4 Å². The number of anilines is 2. The highest BCUT2D eigenvalue weighted by molar-refractivity contribution is 5.93. The van der Waals surface area contributed by atoms with Gasteiger partial charge in [0.05, 0.1) is 0 Å². The Morgan fingerprint density at radius 2 is 1.87 bits per heavy atom. The van der Waals surface area contributed by atoms with Gasteiger partial charge in [0.25, 0.3) is 5.91 Å². The molecule has 1 N–H and O–H groups in total. The minimum absolute atomic E-state index is 0.0340. The number of carbonyl (C=O) groups excluding carboxylic acids is 1. The number of benzene rings is 1. The first-order chi connectivity index (χ1) is 11.1. The summed E-state index contributed by atoms with van der Waals surface area (Å²) < 4.78 is 0. The highest BCUT2D eigenvalue weighted by atomic mass is 16.2. The molecule has 0 saturated carbocycles. The van der Waals surface area contributed by atoms with Crippen molar-refractivity contribution in [2.45, 2.75) is 6.92 Å². The summed E-state index contributed by atoms with van der Waals surface area (Å²) in [6, 6.07) is 9.68. The largest absolute Gasteiger partial charge is 0.340 e. The van der Waals surface area contributed by atoms with Crippen LogP contribution < -0.4 is 5.32 Å². The molecule has 1 aromatic carbocycles. The molecule has 0 spiro atoms. The monoisotopic (exact) mass is 311 g/mol. The number of hydrogen-bond donors (Lipinski definition) is 1. The van der Waals surface area contributed by atoms with Gasteiger partial charge in [0.1, 0.15) is 17.8 Å². The van der Waals surface area contributed by atoms with Crippen molar-refractivity contribution in [3.63, 3.8) is 0 Å². The van der Waals surface area contributed by atoms with Gasteiger partial charge in [-0.2, -0.15) is 0 Å². The molecule has 1 aliphatic rings. The van der Waals surface area contributed by atoms with Crippen LogP contribution in [0.1, 0.15) is 16.1 Å². The maximum Gasteiger partial charge on any atom is 0.272 e. The Labute approximate surface area is 136 Å². The van der Waals surface area contributed by atoms with Gasteiger partial charge >= 0.3 is 0 Å². The van der Waals surface area contributed by atoms with E-state index in [-0.39, 0.29) is 5.91 Å². The first-order valence-electron chi connectivity index (χ1n) is 7.76. The molecule has 1 fully saturated rings. The van der Waals surface area contributed by atoms with Gasteiger partial charge in [-0.15, -0.1) is 0 Å². The summed E-state index contributed by atoms with van der Waals surface area (Å²) in [4.78, 5) is 25.0. The average molecular weight is 311 g/mol. The van der Waals surface area contributed by atoms with Crippen LogP contribution in [0.15, 0.2) is 36.7 Å². The minimum atomic E-state index is -0.0340. The van der Waals surface area contributed by atoms with Crippen LogP contribution in [-0.2, 0) is 0 Å². The molecule has 6 nitrogen and oxygen atoms in total. The van der Waals surface area contributed by atoms with Crippen LogP contribution in [0.5, 0.6) is 0 Å². The van der Waals surface area contributed by atoms with E-state index in [9.17, 15) is 4.79 Å². The first kappa shape index (κ1) is 15.4. The van der Waals surface area contributed by atoms with Crippen LogP contribution in [-0.4, -0.2) is 58.9 Å². The van der Waals surface area contributed by atoms with Gasteiger partial charge in [0, 0.05) is 37.9 Å². The SMILES string of the molecule is Cc1ccccc1Nc1cc(C(=O)N2CCN(C)CC2)ncn1. The fourth-order valence-corrected chi connectivity index (χ4v) is 2.57. The number of hydrogen-bond acceptors (Lipinski definition) is 5. The van der Waals surface area contributed by atoms with Crippen LogP contribution in [0.3, 0.4) is 0 Å². The highest BCUT2D eigenvalue weighted by Crippen LogP contribution is 2.19. The maximum atomic E-state index is 12.6. The standard InChI is InChI=1S/C17H21N5O/c1-13-5-3-4-6-14(13)20-16-11-15(18-12-19-16)17(23)22-9-7-21(2)8-10-22/h3-6,11-12H,7-10H2,1-2H3,(H,18,19,20). The van der Waals surface area contributed by atoms with Gasteiger partial charge < -0.3 is 15.1 Å². The molecule has 3 rings (SSSR count). The lowest BCUT2D eigenvalue weighted by atomic mass is 10.2. The molecular formula is C17H21N5O. The van der Waals surface area contributed by atoms with Crippen molar-refractivity contribution >= 4 is 17.4 Å². The predicted octanol–water partition coefficient (Wildman–Crippen LogP) is 1.92. The molecule has 6 heteroatoms. The molecule has 0 aliphatic carbocycles. The first-order valence-corrected chi connectivity index (χ1v) is 7.76. The van der Waals surface area contributed by atoms with Gasteiger partial charge in [-0.3, -0.25) is 4.79 Å². The second kappa shape index (κ2) is 6.75. The quantitative estimate of drug-likeness (QED) is 0.938. The number of aryl methyl sites for hydroxylation is 1. The Morgan fingerprint density at radius 3 is 2.61 bits per heavy atom. The lowest BCUT2D eigenvalue weighted by Crippen LogP contribution is -2.47. The summed E-state index contributed by atoms with van der Waals surface area (Å²) in [6.07, 6.45) is 1.43. The number of aromatic nitrogens is 2. The van der Waals surface area contributed by atoms with Crippen molar-refractivity contribution in [3.8, 4) is 0 Å². The lowest BCUT2D eigenvalue weighted by molar-refractivity contribution is 0.0658. The molecule has 2 heterocycles. The highest BCUT2D eigenvalue weighted by Gasteiger charge is 2.21. The summed E-state index contributed by atoms with van der Waals surface area (Å²) >= 11 is 0. The van der Waals surface area contributed by atoms with Crippen molar-refractivity contribution in [1.82, 2.24) is 19.8 Å². The van der Waals surface area contributed by atoms with Crippen LogP contribution in [0, 0.1) is 6.92 Å². The number of carbonyl (C=O) groups is 1. The van der Waals surface area contributed by atoms with Crippen LogP contribution in [0.4, 0.5) is 11.5 Å². The molecule has 1 aromatic heterocycles. The Bertz CT molecular complexity index is 695. The number of piperazine rings is 1. The summed E-state index contributed by atoms with van der Waals surface area (Å²) in [5, 5.41) is 3.25. The summed E-state index contributed by atoms with van der Waals surface area (Å²) in [5.74, 6) is 0.597. The molecule has 1 saturated heterocycles. The topological polar surface area (TPSA) is 61.4 Å². The molecule has 0 unspecified atom stereocenters. The summed E-state index contributed by atoms with van der Waals surface area (Å²) in [6.45, 7) is 5.29.